The standard InChI is InChI=1S/C21H21N3O2S/c1-23-20(26)17-8-7-16(13-18(17)22-21(23)27)19(25)24-11-9-15(10-12-24)14-5-3-2-4-6-14/h2-8,13,15H,9-12H2,1H3,(H,22,27). The van der Waals surface area contributed by atoms with E-state index in [4.69, 9.17) is 12.2 Å². The van der Waals surface area contributed by atoms with E-state index < -0.39 is 0 Å². The molecule has 6 heteroatoms. The summed E-state index contributed by atoms with van der Waals surface area (Å²) in [5.41, 5.74) is 2.38. The average molecular weight is 379 g/mol. The lowest BCUT2D eigenvalue weighted by Gasteiger charge is -2.32. The van der Waals surface area contributed by atoms with E-state index in [2.05, 4.69) is 29.2 Å². The average Bonchev–Trinajstić information content (AvgIpc) is 2.72. The Morgan fingerprint density at radius 3 is 2.52 bits per heavy atom. The van der Waals surface area contributed by atoms with Crippen LogP contribution in [0.2, 0.25) is 0 Å². The molecule has 5 nitrogen and oxygen atoms in total. The maximum absolute atomic E-state index is 12.9. The number of amides is 1. The maximum atomic E-state index is 12.9. The van der Waals surface area contributed by atoms with Crippen LogP contribution >= 0.6 is 12.2 Å². The molecule has 0 unspecified atom stereocenters. The zero-order valence-electron chi connectivity index (χ0n) is 15.1. The minimum atomic E-state index is -0.156. The van der Waals surface area contributed by atoms with Gasteiger partial charge in [-0.3, -0.25) is 14.2 Å². The summed E-state index contributed by atoms with van der Waals surface area (Å²) >= 11 is 5.17. The van der Waals surface area contributed by atoms with E-state index in [-0.39, 0.29) is 11.5 Å². The van der Waals surface area contributed by atoms with Gasteiger partial charge in [0.15, 0.2) is 4.77 Å². The highest BCUT2D eigenvalue weighted by atomic mass is 32.1. The van der Waals surface area contributed by atoms with Gasteiger partial charge in [0.25, 0.3) is 11.5 Å². The molecule has 3 aromatic rings. The van der Waals surface area contributed by atoms with Gasteiger partial charge >= 0.3 is 0 Å². The number of benzene rings is 2. The number of carbonyl (C=O) groups is 1. The van der Waals surface area contributed by atoms with Gasteiger partial charge in [0.1, 0.15) is 0 Å². The Bertz CT molecular complexity index is 1110. The van der Waals surface area contributed by atoms with E-state index in [1.54, 1.807) is 25.2 Å². The Morgan fingerprint density at radius 1 is 1.11 bits per heavy atom. The third-order valence-corrected chi connectivity index (χ3v) is 5.78. The summed E-state index contributed by atoms with van der Waals surface area (Å²) < 4.78 is 1.74. The largest absolute Gasteiger partial charge is 0.339 e. The first kappa shape index (κ1) is 17.7. The number of likely N-dealkylation sites (tertiary alicyclic amines) is 1. The molecule has 0 aliphatic carbocycles. The molecule has 1 aliphatic heterocycles. The second-order valence-corrected chi connectivity index (χ2v) is 7.42. The molecule has 1 saturated heterocycles. The first-order chi connectivity index (χ1) is 13.0. The van der Waals surface area contributed by atoms with Crippen LogP contribution in [0.15, 0.2) is 53.3 Å². The minimum absolute atomic E-state index is 0.00315. The molecule has 0 bridgehead atoms. The van der Waals surface area contributed by atoms with Crippen LogP contribution < -0.4 is 5.56 Å². The van der Waals surface area contributed by atoms with E-state index in [1.165, 1.54) is 10.1 Å². The first-order valence-electron chi connectivity index (χ1n) is 9.12. The molecule has 138 valence electrons. The summed E-state index contributed by atoms with van der Waals surface area (Å²) in [6.07, 6.45) is 1.93. The molecule has 0 saturated carbocycles. The molecular weight excluding hydrogens is 358 g/mol. The Morgan fingerprint density at radius 2 is 1.81 bits per heavy atom. The molecule has 27 heavy (non-hydrogen) atoms. The number of aromatic amines is 1. The number of aromatic nitrogens is 2. The summed E-state index contributed by atoms with van der Waals surface area (Å²) in [6.45, 7) is 1.48. The number of rotatable bonds is 2. The first-order valence-corrected chi connectivity index (χ1v) is 9.52. The van der Waals surface area contributed by atoms with Crippen molar-refractivity contribution in [1.29, 1.82) is 0 Å². The van der Waals surface area contributed by atoms with Gasteiger partial charge in [-0.2, -0.15) is 0 Å². The normalized spacial score (nSPS) is 15.2. The van der Waals surface area contributed by atoms with E-state index in [0.29, 0.717) is 27.2 Å². The number of hydrogen-bond donors (Lipinski definition) is 1. The van der Waals surface area contributed by atoms with E-state index >= 15 is 0 Å². The molecule has 1 aromatic heterocycles. The van der Waals surface area contributed by atoms with Gasteiger partial charge in [-0.15, -0.1) is 0 Å². The zero-order valence-corrected chi connectivity index (χ0v) is 16.0. The fourth-order valence-corrected chi connectivity index (χ4v) is 3.96. The van der Waals surface area contributed by atoms with Crippen LogP contribution in [0.4, 0.5) is 0 Å². The highest BCUT2D eigenvalue weighted by molar-refractivity contribution is 7.71. The second kappa shape index (κ2) is 7.12. The summed E-state index contributed by atoms with van der Waals surface area (Å²) in [4.78, 5) is 30.1. The Balaban J connectivity index is 1.54. The van der Waals surface area contributed by atoms with Crippen molar-refractivity contribution in [2.24, 2.45) is 7.05 Å². The van der Waals surface area contributed by atoms with Crippen molar-refractivity contribution < 1.29 is 4.79 Å². The summed E-state index contributed by atoms with van der Waals surface area (Å²) in [7, 11) is 1.64. The summed E-state index contributed by atoms with van der Waals surface area (Å²) in [5.74, 6) is 0.509. The van der Waals surface area contributed by atoms with Crippen LogP contribution in [-0.4, -0.2) is 33.4 Å². The number of piperidine rings is 1. The molecule has 0 spiro atoms. The lowest BCUT2D eigenvalue weighted by atomic mass is 9.89. The predicted molar refractivity (Wildman–Crippen MR) is 109 cm³/mol. The molecule has 0 atom stereocenters. The Kier molecular flexibility index (Phi) is 4.66. The number of carbonyl (C=O) groups excluding carboxylic acids is 1. The van der Waals surface area contributed by atoms with Gasteiger partial charge in [0.05, 0.1) is 10.9 Å². The van der Waals surface area contributed by atoms with Gasteiger partial charge in [-0.25, -0.2) is 0 Å². The molecule has 4 rings (SSSR count). The molecule has 2 heterocycles. The highest BCUT2D eigenvalue weighted by Gasteiger charge is 2.24. The van der Waals surface area contributed by atoms with Crippen molar-refractivity contribution in [2.75, 3.05) is 13.1 Å². The van der Waals surface area contributed by atoms with Gasteiger partial charge in [-0.1, -0.05) is 30.3 Å². The topological polar surface area (TPSA) is 58.1 Å². The number of nitrogens with one attached hydrogen (secondary N) is 1. The quantitative estimate of drug-likeness (QED) is 0.692. The fraction of sp³-hybridized carbons (Fsp3) is 0.286. The van der Waals surface area contributed by atoms with E-state index in [0.717, 1.165) is 25.9 Å². The van der Waals surface area contributed by atoms with Gasteiger partial charge in [0.2, 0.25) is 0 Å². The second-order valence-electron chi connectivity index (χ2n) is 7.03. The SMILES string of the molecule is Cn1c(=S)[nH]c2cc(C(=O)N3CCC(c4ccccc4)CC3)ccc2c1=O. The van der Waals surface area contributed by atoms with Crippen LogP contribution in [0.25, 0.3) is 10.9 Å². The van der Waals surface area contributed by atoms with Crippen LogP contribution in [0, 0.1) is 4.77 Å². The van der Waals surface area contributed by atoms with Crippen LogP contribution in [0.5, 0.6) is 0 Å². The lowest BCUT2D eigenvalue weighted by molar-refractivity contribution is 0.0713. The number of fused-ring (bicyclic) bond motifs is 1. The third kappa shape index (κ3) is 3.32. The Hall–Kier alpha value is -2.73. The molecular formula is C21H21N3O2S. The Labute approximate surface area is 162 Å². The fourth-order valence-electron chi connectivity index (χ4n) is 3.76. The van der Waals surface area contributed by atoms with Crippen LogP contribution in [0.1, 0.15) is 34.7 Å². The summed E-state index contributed by atoms with van der Waals surface area (Å²) in [6, 6.07) is 15.6. The highest BCUT2D eigenvalue weighted by Crippen LogP contribution is 2.28. The third-order valence-electron chi connectivity index (χ3n) is 5.40. The minimum Gasteiger partial charge on any atom is -0.339 e. The maximum Gasteiger partial charge on any atom is 0.261 e. The molecule has 1 aliphatic rings. The number of nitrogens with zero attached hydrogens (tertiary/aromatic N) is 2. The van der Waals surface area contributed by atoms with E-state index in [1.807, 2.05) is 11.0 Å². The molecule has 1 fully saturated rings. The van der Waals surface area contributed by atoms with Crippen molar-refractivity contribution in [1.82, 2.24) is 14.5 Å². The number of hydrogen-bond acceptors (Lipinski definition) is 3. The lowest BCUT2D eigenvalue weighted by Crippen LogP contribution is -2.38. The molecule has 1 N–H and O–H groups in total. The van der Waals surface area contributed by atoms with Gasteiger partial charge in [0, 0.05) is 25.7 Å². The van der Waals surface area contributed by atoms with Gasteiger partial charge in [-0.05, 0) is 54.7 Å². The van der Waals surface area contributed by atoms with Crippen LogP contribution in [0.3, 0.4) is 0 Å². The monoisotopic (exact) mass is 379 g/mol. The van der Waals surface area contributed by atoms with Crippen molar-refractivity contribution in [2.45, 2.75) is 18.8 Å². The molecule has 1 amide bonds. The van der Waals surface area contributed by atoms with Crippen molar-refractivity contribution in [3.05, 3.63) is 74.8 Å². The molecule has 2 aromatic carbocycles. The van der Waals surface area contributed by atoms with E-state index in [9.17, 15) is 9.59 Å². The summed E-state index contributed by atoms with van der Waals surface area (Å²) in [5, 5.41) is 0.533. The van der Waals surface area contributed by atoms with Crippen molar-refractivity contribution in [3.8, 4) is 0 Å². The number of H-pyrrole nitrogens is 1. The predicted octanol–water partition coefficient (Wildman–Crippen LogP) is 3.62. The zero-order chi connectivity index (χ0) is 19.0. The molecule has 0 radical (unpaired) electrons. The van der Waals surface area contributed by atoms with Crippen LogP contribution in [-0.2, 0) is 7.05 Å². The van der Waals surface area contributed by atoms with Crippen molar-refractivity contribution in [3.63, 3.8) is 0 Å². The smallest absolute Gasteiger partial charge is 0.261 e. The van der Waals surface area contributed by atoms with Crippen molar-refractivity contribution >= 4 is 29.0 Å². The van der Waals surface area contributed by atoms with Gasteiger partial charge < -0.3 is 9.88 Å².